The van der Waals surface area contributed by atoms with Gasteiger partial charge in [0.05, 0.1) is 11.8 Å². The van der Waals surface area contributed by atoms with Crippen molar-refractivity contribution in [3.63, 3.8) is 0 Å². The molecule has 1 N–H and O–H groups in total. The molecule has 0 aliphatic heterocycles. The summed E-state index contributed by atoms with van der Waals surface area (Å²) in [6, 6.07) is 6.16. The van der Waals surface area contributed by atoms with Gasteiger partial charge in [0.25, 0.3) is 0 Å². The van der Waals surface area contributed by atoms with Crippen LogP contribution in [0.2, 0.25) is 0 Å². The van der Waals surface area contributed by atoms with E-state index < -0.39 is 0 Å². The van der Waals surface area contributed by atoms with E-state index in [1.54, 1.807) is 0 Å². The van der Waals surface area contributed by atoms with Crippen molar-refractivity contribution in [1.82, 2.24) is 9.88 Å². The third-order valence-corrected chi connectivity index (χ3v) is 4.13. The SMILES string of the molecule is Cc1cccc(CN(C)CC2CC(C)CCC2O)n1. The van der Waals surface area contributed by atoms with Crippen molar-refractivity contribution in [1.29, 1.82) is 0 Å². The molecule has 1 fully saturated rings. The van der Waals surface area contributed by atoms with Gasteiger partial charge in [-0.2, -0.15) is 0 Å². The van der Waals surface area contributed by atoms with Crippen LogP contribution in [0.5, 0.6) is 0 Å². The highest BCUT2D eigenvalue weighted by atomic mass is 16.3. The highest BCUT2D eigenvalue weighted by Gasteiger charge is 2.27. The predicted octanol–water partition coefficient (Wildman–Crippen LogP) is 2.62. The minimum Gasteiger partial charge on any atom is -0.393 e. The molecule has 1 aliphatic carbocycles. The zero-order chi connectivity index (χ0) is 13.8. The van der Waals surface area contributed by atoms with Crippen LogP contribution in [0.25, 0.3) is 0 Å². The second-order valence-electron chi connectivity index (χ2n) is 6.21. The second-order valence-corrected chi connectivity index (χ2v) is 6.21. The molecule has 2 rings (SSSR count). The van der Waals surface area contributed by atoms with Crippen molar-refractivity contribution in [2.75, 3.05) is 13.6 Å². The lowest BCUT2D eigenvalue weighted by atomic mass is 9.80. The first-order valence-electron chi connectivity index (χ1n) is 7.33. The smallest absolute Gasteiger partial charge is 0.0580 e. The maximum absolute atomic E-state index is 10.1. The molecule has 0 amide bonds. The number of hydrogen-bond donors (Lipinski definition) is 1. The Kier molecular flexibility index (Phi) is 4.94. The Bertz CT molecular complexity index is 407. The zero-order valence-electron chi connectivity index (χ0n) is 12.3. The summed E-state index contributed by atoms with van der Waals surface area (Å²) in [6.45, 7) is 6.14. The molecule has 1 aliphatic rings. The highest BCUT2D eigenvalue weighted by Crippen LogP contribution is 2.29. The topological polar surface area (TPSA) is 36.4 Å². The summed E-state index contributed by atoms with van der Waals surface area (Å²) in [5, 5.41) is 10.1. The maximum atomic E-state index is 10.1. The molecule has 1 aromatic heterocycles. The third kappa shape index (κ3) is 4.29. The van der Waals surface area contributed by atoms with E-state index in [0.717, 1.165) is 43.2 Å². The van der Waals surface area contributed by atoms with E-state index in [9.17, 15) is 5.11 Å². The molecule has 3 nitrogen and oxygen atoms in total. The molecule has 3 heteroatoms. The number of rotatable bonds is 4. The van der Waals surface area contributed by atoms with Gasteiger partial charge in [-0.3, -0.25) is 4.98 Å². The quantitative estimate of drug-likeness (QED) is 0.906. The Labute approximate surface area is 116 Å². The molecular weight excluding hydrogens is 236 g/mol. The van der Waals surface area contributed by atoms with E-state index in [-0.39, 0.29) is 6.10 Å². The van der Waals surface area contributed by atoms with Gasteiger partial charge in [0.2, 0.25) is 0 Å². The van der Waals surface area contributed by atoms with Crippen LogP contribution in [0.15, 0.2) is 18.2 Å². The van der Waals surface area contributed by atoms with Gasteiger partial charge >= 0.3 is 0 Å². The van der Waals surface area contributed by atoms with E-state index >= 15 is 0 Å². The monoisotopic (exact) mass is 262 g/mol. The highest BCUT2D eigenvalue weighted by molar-refractivity contribution is 5.09. The number of pyridine rings is 1. The third-order valence-electron chi connectivity index (χ3n) is 4.13. The van der Waals surface area contributed by atoms with Crippen LogP contribution in [-0.2, 0) is 6.54 Å². The van der Waals surface area contributed by atoms with Crippen LogP contribution in [-0.4, -0.2) is 34.7 Å². The van der Waals surface area contributed by atoms with E-state index in [1.807, 2.05) is 13.0 Å². The van der Waals surface area contributed by atoms with Gasteiger partial charge in [-0.05, 0) is 57.2 Å². The van der Waals surface area contributed by atoms with Crippen molar-refractivity contribution in [2.24, 2.45) is 11.8 Å². The van der Waals surface area contributed by atoms with Crippen molar-refractivity contribution < 1.29 is 5.11 Å². The molecule has 19 heavy (non-hydrogen) atoms. The summed E-state index contributed by atoms with van der Waals surface area (Å²) in [5.74, 6) is 1.16. The van der Waals surface area contributed by atoms with E-state index in [2.05, 4.69) is 36.0 Å². The number of aliphatic hydroxyl groups excluding tert-OH is 1. The van der Waals surface area contributed by atoms with Crippen molar-refractivity contribution in [3.05, 3.63) is 29.6 Å². The minimum absolute atomic E-state index is 0.121. The van der Waals surface area contributed by atoms with E-state index in [0.29, 0.717) is 5.92 Å². The second kappa shape index (κ2) is 6.49. The summed E-state index contributed by atoms with van der Waals surface area (Å²) in [4.78, 5) is 6.82. The molecule has 0 aromatic carbocycles. The fraction of sp³-hybridized carbons (Fsp3) is 0.688. The van der Waals surface area contributed by atoms with Gasteiger partial charge in [0.15, 0.2) is 0 Å². The van der Waals surface area contributed by atoms with E-state index in [4.69, 9.17) is 0 Å². The lowest BCUT2D eigenvalue weighted by molar-refractivity contribution is 0.0336. The van der Waals surface area contributed by atoms with Crippen molar-refractivity contribution >= 4 is 0 Å². The predicted molar refractivity (Wildman–Crippen MR) is 77.8 cm³/mol. The number of aliphatic hydroxyl groups is 1. The van der Waals surface area contributed by atoms with Crippen LogP contribution in [0.3, 0.4) is 0 Å². The molecule has 106 valence electrons. The van der Waals surface area contributed by atoms with Gasteiger partial charge in [0, 0.05) is 18.8 Å². The van der Waals surface area contributed by atoms with Crippen LogP contribution >= 0.6 is 0 Å². The summed E-state index contributed by atoms with van der Waals surface area (Å²) >= 11 is 0. The normalized spacial score (nSPS) is 27.7. The fourth-order valence-electron chi connectivity index (χ4n) is 3.11. The van der Waals surface area contributed by atoms with E-state index in [1.165, 1.54) is 6.42 Å². The molecular formula is C16H26N2O. The van der Waals surface area contributed by atoms with Crippen molar-refractivity contribution in [2.45, 2.75) is 45.8 Å². The van der Waals surface area contributed by atoms with Crippen LogP contribution in [0, 0.1) is 18.8 Å². The summed E-state index contributed by atoms with van der Waals surface area (Å²) in [5.41, 5.74) is 2.18. The maximum Gasteiger partial charge on any atom is 0.0580 e. The number of hydrogen-bond acceptors (Lipinski definition) is 3. The minimum atomic E-state index is -0.121. The number of aryl methyl sites for hydroxylation is 1. The van der Waals surface area contributed by atoms with Gasteiger partial charge in [0.1, 0.15) is 0 Å². The zero-order valence-corrected chi connectivity index (χ0v) is 12.3. The molecule has 0 bridgehead atoms. The number of nitrogens with zero attached hydrogens (tertiary/aromatic N) is 2. The first-order chi connectivity index (χ1) is 9.04. The Morgan fingerprint density at radius 2 is 2.16 bits per heavy atom. The van der Waals surface area contributed by atoms with Gasteiger partial charge in [-0.15, -0.1) is 0 Å². The summed E-state index contributed by atoms with van der Waals surface area (Å²) in [6.07, 6.45) is 3.15. The average Bonchev–Trinajstić information content (AvgIpc) is 2.34. The Balaban J connectivity index is 1.88. The molecule has 3 unspecified atom stereocenters. The first-order valence-corrected chi connectivity index (χ1v) is 7.33. The lowest BCUT2D eigenvalue weighted by Gasteiger charge is -2.34. The molecule has 0 spiro atoms. The summed E-state index contributed by atoms with van der Waals surface area (Å²) in [7, 11) is 2.12. The molecule has 1 aromatic rings. The van der Waals surface area contributed by atoms with Crippen LogP contribution in [0.4, 0.5) is 0 Å². The Morgan fingerprint density at radius 3 is 2.89 bits per heavy atom. The number of aromatic nitrogens is 1. The summed E-state index contributed by atoms with van der Waals surface area (Å²) < 4.78 is 0. The van der Waals surface area contributed by atoms with Gasteiger partial charge in [-0.1, -0.05) is 13.0 Å². The molecule has 3 atom stereocenters. The lowest BCUT2D eigenvalue weighted by Crippen LogP contribution is -2.36. The molecule has 0 saturated heterocycles. The average molecular weight is 262 g/mol. The van der Waals surface area contributed by atoms with Gasteiger partial charge in [-0.25, -0.2) is 0 Å². The Morgan fingerprint density at radius 1 is 1.37 bits per heavy atom. The molecule has 1 heterocycles. The van der Waals surface area contributed by atoms with Crippen molar-refractivity contribution in [3.8, 4) is 0 Å². The first kappa shape index (κ1) is 14.5. The fourth-order valence-corrected chi connectivity index (χ4v) is 3.11. The van der Waals surface area contributed by atoms with Crippen LogP contribution < -0.4 is 0 Å². The largest absolute Gasteiger partial charge is 0.393 e. The standard InChI is InChI=1S/C16H26N2O/c1-12-7-8-16(19)14(9-12)10-18(3)11-15-6-4-5-13(2)17-15/h4-6,12,14,16,19H,7-11H2,1-3H3. The Hall–Kier alpha value is -0.930. The molecule has 1 saturated carbocycles. The van der Waals surface area contributed by atoms with Gasteiger partial charge < -0.3 is 10.0 Å². The van der Waals surface area contributed by atoms with Crippen LogP contribution in [0.1, 0.15) is 37.6 Å². The molecule has 0 radical (unpaired) electrons.